The Labute approximate surface area is 160 Å². The van der Waals surface area contributed by atoms with E-state index in [0.29, 0.717) is 17.8 Å². The molecular weight excluding hydrogens is 336 g/mol. The molecule has 0 N–H and O–H groups in total. The van der Waals surface area contributed by atoms with E-state index in [4.69, 9.17) is 0 Å². The van der Waals surface area contributed by atoms with Gasteiger partial charge in [-0.2, -0.15) is 0 Å². The van der Waals surface area contributed by atoms with Gasteiger partial charge in [-0.1, -0.05) is 60.2 Å². The van der Waals surface area contributed by atoms with Crippen LogP contribution in [0.15, 0.2) is 60.3 Å². The van der Waals surface area contributed by atoms with Crippen molar-refractivity contribution in [2.24, 2.45) is 0 Å². The number of nitrogens with zero attached hydrogens (tertiary/aromatic N) is 2. The van der Waals surface area contributed by atoms with Gasteiger partial charge in [0.2, 0.25) is 0 Å². The van der Waals surface area contributed by atoms with Crippen molar-refractivity contribution in [3.05, 3.63) is 77.0 Å². The molecule has 2 aliphatic heterocycles. The summed E-state index contributed by atoms with van der Waals surface area (Å²) in [5, 5.41) is 0. The average Bonchev–Trinajstić information content (AvgIpc) is 2.95. The van der Waals surface area contributed by atoms with Crippen LogP contribution in [0.5, 0.6) is 0 Å². The summed E-state index contributed by atoms with van der Waals surface area (Å²) in [5.74, 6) is -0.353. The minimum Gasteiger partial charge on any atom is -0.366 e. The molecule has 4 nitrogen and oxygen atoms in total. The number of piperidine rings is 1. The Morgan fingerprint density at radius 3 is 2.15 bits per heavy atom. The predicted molar refractivity (Wildman–Crippen MR) is 106 cm³/mol. The summed E-state index contributed by atoms with van der Waals surface area (Å²) >= 11 is 0. The lowest BCUT2D eigenvalue weighted by Crippen LogP contribution is -2.36. The molecule has 0 spiro atoms. The zero-order valence-corrected chi connectivity index (χ0v) is 15.6. The molecule has 138 valence electrons. The molecule has 0 bridgehead atoms. The van der Waals surface area contributed by atoms with Crippen molar-refractivity contribution in [1.82, 2.24) is 9.80 Å². The second-order valence-corrected chi connectivity index (χ2v) is 7.32. The van der Waals surface area contributed by atoms with Crippen molar-refractivity contribution < 1.29 is 9.59 Å². The maximum atomic E-state index is 13.3. The number of carbonyl (C=O) groups is 2. The fourth-order valence-corrected chi connectivity index (χ4v) is 3.86. The van der Waals surface area contributed by atoms with Crippen LogP contribution < -0.4 is 0 Å². The smallest absolute Gasteiger partial charge is 0.278 e. The third-order valence-corrected chi connectivity index (χ3v) is 5.34. The first-order chi connectivity index (χ1) is 13.1. The van der Waals surface area contributed by atoms with Crippen LogP contribution in [0.2, 0.25) is 0 Å². The second kappa shape index (κ2) is 7.39. The Hall–Kier alpha value is -2.88. The molecule has 27 heavy (non-hydrogen) atoms. The lowest BCUT2D eigenvalue weighted by atomic mass is 10.0. The Morgan fingerprint density at radius 2 is 1.48 bits per heavy atom. The molecular formula is C23H24N2O2. The highest BCUT2D eigenvalue weighted by Crippen LogP contribution is 2.33. The number of carbonyl (C=O) groups excluding carboxylic acids is 2. The molecule has 0 aliphatic carbocycles. The van der Waals surface area contributed by atoms with Crippen molar-refractivity contribution in [1.29, 1.82) is 0 Å². The first-order valence-electron chi connectivity index (χ1n) is 9.61. The van der Waals surface area contributed by atoms with Crippen LogP contribution in [0.25, 0.3) is 5.57 Å². The van der Waals surface area contributed by atoms with Crippen molar-refractivity contribution in [3.8, 4) is 0 Å². The van der Waals surface area contributed by atoms with Gasteiger partial charge in [-0.05, 0) is 37.3 Å². The van der Waals surface area contributed by atoms with Crippen LogP contribution in [-0.2, 0) is 16.1 Å². The summed E-state index contributed by atoms with van der Waals surface area (Å²) in [7, 11) is 0. The van der Waals surface area contributed by atoms with Crippen LogP contribution in [0.4, 0.5) is 0 Å². The van der Waals surface area contributed by atoms with E-state index >= 15 is 0 Å². The Balaban J connectivity index is 1.71. The standard InChI is InChI=1S/C23H24N2O2/c1-17-10-12-18(13-11-17)16-25-22(26)20(19-8-4-2-5-9-19)21(23(25)27)24-14-6-3-7-15-24/h2,4-5,8-13H,3,6-7,14-16H2,1H3. The molecule has 0 saturated carbocycles. The van der Waals surface area contributed by atoms with Crippen LogP contribution in [0.1, 0.15) is 36.0 Å². The molecule has 2 heterocycles. The van der Waals surface area contributed by atoms with Crippen LogP contribution >= 0.6 is 0 Å². The van der Waals surface area contributed by atoms with Gasteiger partial charge >= 0.3 is 0 Å². The highest BCUT2D eigenvalue weighted by atomic mass is 16.2. The summed E-state index contributed by atoms with van der Waals surface area (Å²) in [5.41, 5.74) is 4.08. The molecule has 0 atom stereocenters. The lowest BCUT2D eigenvalue weighted by Gasteiger charge is -2.29. The molecule has 2 aliphatic rings. The summed E-state index contributed by atoms with van der Waals surface area (Å²) in [6.07, 6.45) is 3.30. The minimum absolute atomic E-state index is 0.165. The van der Waals surface area contributed by atoms with Gasteiger partial charge in [-0.3, -0.25) is 14.5 Å². The summed E-state index contributed by atoms with van der Waals surface area (Å²) < 4.78 is 0. The largest absolute Gasteiger partial charge is 0.366 e. The number of aryl methyl sites for hydroxylation is 1. The summed E-state index contributed by atoms with van der Waals surface area (Å²) in [6, 6.07) is 17.6. The number of likely N-dealkylation sites (tertiary alicyclic amines) is 1. The Bertz CT molecular complexity index is 878. The van der Waals surface area contributed by atoms with Gasteiger partial charge in [0.1, 0.15) is 5.70 Å². The number of rotatable bonds is 4. The molecule has 0 aromatic heterocycles. The average molecular weight is 360 g/mol. The van der Waals surface area contributed by atoms with E-state index in [0.717, 1.165) is 42.6 Å². The summed E-state index contributed by atoms with van der Waals surface area (Å²) in [6.45, 7) is 4.01. The Morgan fingerprint density at radius 1 is 0.815 bits per heavy atom. The van der Waals surface area contributed by atoms with E-state index in [1.165, 1.54) is 11.3 Å². The first-order valence-corrected chi connectivity index (χ1v) is 9.61. The maximum absolute atomic E-state index is 13.3. The first kappa shape index (κ1) is 17.5. The third-order valence-electron chi connectivity index (χ3n) is 5.34. The molecule has 2 aromatic rings. The van der Waals surface area contributed by atoms with Crippen LogP contribution in [0, 0.1) is 6.92 Å². The van der Waals surface area contributed by atoms with Gasteiger partial charge in [0.15, 0.2) is 0 Å². The molecule has 1 saturated heterocycles. The van der Waals surface area contributed by atoms with Gasteiger partial charge in [-0.15, -0.1) is 0 Å². The monoisotopic (exact) mass is 360 g/mol. The molecule has 2 aromatic carbocycles. The predicted octanol–water partition coefficient (Wildman–Crippen LogP) is 3.76. The highest BCUT2D eigenvalue weighted by molar-refractivity contribution is 6.35. The SMILES string of the molecule is Cc1ccc(CN2C(=O)C(c3ccccc3)=C(N3CCCCC3)C2=O)cc1. The molecule has 2 amide bonds. The van der Waals surface area contributed by atoms with Gasteiger partial charge < -0.3 is 4.90 Å². The molecule has 4 rings (SSSR count). The number of hydrogen-bond acceptors (Lipinski definition) is 3. The van der Waals surface area contributed by atoms with Crippen molar-refractivity contribution >= 4 is 17.4 Å². The molecule has 1 fully saturated rings. The van der Waals surface area contributed by atoms with Crippen LogP contribution in [0.3, 0.4) is 0 Å². The zero-order valence-electron chi connectivity index (χ0n) is 15.6. The summed E-state index contributed by atoms with van der Waals surface area (Å²) in [4.78, 5) is 30.0. The van der Waals surface area contributed by atoms with E-state index < -0.39 is 0 Å². The molecule has 4 heteroatoms. The van der Waals surface area contributed by atoms with Gasteiger partial charge in [0.25, 0.3) is 11.8 Å². The number of hydrogen-bond donors (Lipinski definition) is 0. The molecule has 0 radical (unpaired) electrons. The number of benzene rings is 2. The molecule has 0 unspecified atom stereocenters. The quantitative estimate of drug-likeness (QED) is 0.780. The van der Waals surface area contributed by atoms with E-state index in [2.05, 4.69) is 4.90 Å². The van der Waals surface area contributed by atoms with E-state index in [1.54, 1.807) is 0 Å². The topological polar surface area (TPSA) is 40.6 Å². The normalized spacial score (nSPS) is 17.8. The third kappa shape index (κ3) is 3.39. The fraction of sp³-hybridized carbons (Fsp3) is 0.304. The van der Waals surface area contributed by atoms with Crippen LogP contribution in [-0.4, -0.2) is 34.7 Å². The maximum Gasteiger partial charge on any atom is 0.278 e. The van der Waals surface area contributed by atoms with Crippen molar-refractivity contribution in [2.75, 3.05) is 13.1 Å². The van der Waals surface area contributed by atoms with Gasteiger partial charge in [0.05, 0.1) is 12.1 Å². The van der Waals surface area contributed by atoms with Gasteiger partial charge in [0, 0.05) is 13.1 Å². The van der Waals surface area contributed by atoms with Crippen molar-refractivity contribution in [2.45, 2.75) is 32.7 Å². The van der Waals surface area contributed by atoms with E-state index in [1.807, 2.05) is 61.5 Å². The van der Waals surface area contributed by atoms with E-state index in [9.17, 15) is 9.59 Å². The van der Waals surface area contributed by atoms with Gasteiger partial charge in [-0.25, -0.2) is 0 Å². The minimum atomic E-state index is -0.188. The number of imide groups is 1. The fourth-order valence-electron chi connectivity index (χ4n) is 3.86. The number of amides is 2. The lowest BCUT2D eigenvalue weighted by molar-refractivity contribution is -0.138. The highest BCUT2D eigenvalue weighted by Gasteiger charge is 2.41. The second-order valence-electron chi connectivity index (χ2n) is 7.32. The van der Waals surface area contributed by atoms with Crippen molar-refractivity contribution in [3.63, 3.8) is 0 Å². The zero-order chi connectivity index (χ0) is 18.8. The Kier molecular flexibility index (Phi) is 4.80. The van der Waals surface area contributed by atoms with E-state index in [-0.39, 0.29) is 11.8 Å².